The average molecular weight is 158 g/mol. The van der Waals surface area contributed by atoms with Gasteiger partial charge in [0.15, 0.2) is 0 Å². The Labute approximate surface area is 64.9 Å². The summed E-state index contributed by atoms with van der Waals surface area (Å²) in [4.78, 5) is 0. The highest BCUT2D eigenvalue weighted by atomic mass is 19.1. The van der Waals surface area contributed by atoms with Gasteiger partial charge in [-0.1, -0.05) is 18.2 Å². The second-order valence-electron chi connectivity index (χ2n) is 1.74. The van der Waals surface area contributed by atoms with Gasteiger partial charge in [-0.15, -0.1) is 0 Å². The summed E-state index contributed by atoms with van der Waals surface area (Å²) in [7, 11) is 0. The van der Waals surface area contributed by atoms with Gasteiger partial charge >= 0.3 is 0 Å². The summed E-state index contributed by atoms with van der Waals surface area (Å²) in [5.41, 5.74) is 0. The first-order valence-corrected chi connectivity index (χ1v) is 3.23. The van der Waals surface area contributed by atoms with Crippen LogP contribution >= 0.6 is 0 Å². The maximum atomic E-state index is 11.9. The van der Waals surface area contributed by atoms with Gasteiger partial charge in [0.25, 0.3) is 0 Å². The van der Waals surface area contributed by atoms with E-state index in [1.807, 2.05) is 0 Å². The zero-order chi connectivity index (χ0) is 8.53. The van der Waals surface area contributed by atoms with Crippen molar-refractivity contribution in [1.82, 2.24) is 0 Å². The van der Waals surface area contributed by atoms with Crippen LogP contribution in [-0.2, 0) is 0 Å². The third kappa shape index (κ3) is 6.96. The summed E-state index contributed by atoms with van der Waals surface area (Å²) in [6.07, 6.45) is 0. The lowest BCUT2D eigenvalue weighted by molar-refractivity contribution is 0.186. The van der Waals surface area contributed by atoms with Gasteiger partial charge in [0.2, 0.25) is 0 Å². The standard InChI is InChI=1S/C6H5F.C2H6O2/c7-6-4-2-1-3-5-6;3-1-2-4/h1-5H;3-4H,1-2H2. The van der Waals surface area contributed by atoms with Crippen molar-refractivity contribution in [1.29, 1.82) is 0 Å². The summed E-state index contributed by atoms with van der Waals surface area (Å²) in [5, 5.41) is 15.2. The molecule has 11 heavy (non-hydrogen) atoms. The Morgan fingerprint density at radius 1 is 1.00 bits per heavy atom. The fourth-order valence-electron chi connectivity index (χ4n) is 0.415. The molecule has 0 heterocycles. The molecule has 0 aromatic heterocycles. The van der Waals surface area contributed by atoms with Crippen molar-refractivity contribution in [2.24, 2.45) is 0 Å². The van der Waals surface area contributed by atoms with Crippen LogP contribution in [0.4, 0.5) is 4.39 Å². The molecule has 2 nitrogen and oxygen atoms in total. The molecule has 2 N–H and O–H groups in total. The number of hydrogen-bond donors (Lipinski definition) is 2. The zero-order valence-electron chi connectivity index (χ0n) is 6.07. The Hall–Kier alpha value is -0.930. The molecule has 0 fully saturated rings. The fraction of sp³-hybridized carbons (Fsp3) is 0.250. The highest BCUT2D eigenvalue weighted by molar-refractivity contribution is 5.02. The number of hydrogen-bond acceptors (Lipinski definition) is 2. The minimum atomic E-state index is -0.178. The predicted octanol–water partition coefficient (Wildman–Crippen LogP) is 0.797. The Morgan fingerprint density at radius 2 is 1.45 bits per heavy atom. The first kappa shape index (κ1) is 10.1. The summed E-state index contributed by atoms with van der Waals surface area (Å²) in [6.45, 7) is -0.250. The summed E-state index contributed by atoms with van der Waals surface area (Å²) >= 11 is 0. The van der Waals surface area contributed by atoms with Gasteiger partial charge in [-0.3, -0.25) is 0 Å². The van der Waals surface area contributed by atoms with E-state index in [2.05, 4.69) is 0 Å². The van der Waals surface area contributed by atoms with Crippen molar-refractivity contribution in [3.8, 4) is 0 Å². The third-order valence-corrected chi connectivity index (χ3v) is 0.833. The Morgan fingerprint density at radius 3 is 1.64 bits per heavy atom. The van der Waals surface area contributed by atoms with E-state index < -0.39 is 0 Å². The number of aliphatic hydroxyl groups is 2. The minimum Gasteiger partial charge on any atom is -0.394 e. The number of benzene rings is 1. The van der Waals surface area contributed by atoms with E-state index in [1.54, 1.807) is 18.2 Å². The molecule has 0 spiro atoms. The second kappa shape index (κ2) is 7.18. The van der Waals surface area contributed by atoms with E-state index in [1.165, 1.54) is 12.1 Å². The molecule has 1 aromatic carbocycles. The van der Waals surface area contributed by atoms with Gasteiger partial charge in [-0.25, -0.2) is 4.39 Å². The van der Waals surface area contributed by atoms with E-state index >= 15 is 0 Å². The highest BCUT2D eigenvalue weighted by Crippen LogP contribution is 1.91. The normalized spacial score (nSPS) is 8.27. The van der Waals surface area contributed by atoms with Gasteiger partial charge in [0.05, 0.1) is 13.2 Å². The summed E-state index contributed by atoms with van der Waals surface area (Å²) < 4.78 is 11.9. The molecule has 0 amide bonds. The summed E-state index contributed by atoms with van der Waals surface area (Å²) in [6, 6.07) is 7.94. The highest BCUT2D eigenvalue weighted by Gasteiger charge is 1.77. The Bertz CT molecular complexity index is 163. The number of rotatable bonds is 1. The molecule has 0 aliphatic heterocycles. The van der Waals surface area contributed by atoms with Crippen LogP contribution in [0.3, 0.4) is 0 Å². The molecule has 0 saturated heterocycles. The maximum Gasteiger partial charge on any atom is 0.123 e. The first-order valence-electron chi connectivity index (χ1n) is 3.23. The molecular formula is C8H11FO2. The van der Waals surface area contributed by atoms with Crippen LogP contribution < -0.4 is 0 Å². The topological polar surface area (TPSA) is 40.5 Å². The first-order chi connectivity index (χ1) is 5.31. The van der Waals surface area contributed by atoms with E-state index in [-0.39, 0.29) is 19.0 Å². The van der Waals surface area contributed by atoms with E-state index in [9.17, 15) is 4.39 Å². The average Bonchev–Trinajstić information content (AvgIpc) is 2.07. The van der Waals surface area contributed by atoms with Crippen LogP contribution in [0.1, 0.15) is 0 Å². The predicted molar refractivity (Wildman–Crippen MR) is 40.6 cm³/mol. The SMILES string of the molecule is Fc1ccccc1.OCCO. The largest absolute Gasteiger partial charge is 0.394 e. The van der Waals surface area contributed by atoms with Crippen LogP contribution in [0.25, 0.3) is 0 Å². The molecule has 0 aliphatic rings. The molecule has 1 aromatic rings. The molecule has 0 radical (unpaired) electrons. The lowest BCUT2D eigenvalue weighted by Gasteiger charge is -1.78. The van der Waals surface area contributed by atoms with E-state index in [4.69, 9.17) is 10.2 Å². The molecule has 0 aliphatic carbocycles. The van der Waals surface area contributed by atoms with Gasteiger partial charge in [-0.2, -0.15) is 0 Å². The van der Waals surface area contributed by atoms with Crippen molar-refractivity contribution in [2.75, 3.05) is 13.2 Å². The molecule has 3 heteroatoms. The quantitative estimate of drug-likeness (QED) is 0.634. The minimum absolute atomic E-state index is 0.125. The lowest BCUT2D eigenvalue weighted by atomic mass is 10.4. The van der Waals surface area contributed by atoms with E-state index in [0.717, 1.165) is 0 Å². The van der Waals surface area contributed by atoms with Gasteiger partial charge in [0, 0.05) is 0 Å². The van der Waals surface area contributed by atoms with Gasteiger partial charge < -0.3 is 10.2 Å². The molecule has 0 saturated carbocycles. The molecule has 0 bridgehead atoms. The van der Waals surface area contributed by atoms with Crippen LogP contribution in [-0.4, -0.2) is 23.4 Å². The number of halogens is 1. The smallest absolute Gasteiger partial charge is 0.123 e. The molecule has 62 valence electrons. The lowest BCUT2D eigenvalue weighted by Crippen LogP contribution is -1.85. The molecule has 1 rings (SSSR count). The van der Waals surface area contributed by atoms with Crippen molar-refractivity contribution in [3.05, 3.63) is 36.1 Å². The molecule has 0 unspecified atom stereocenters. The van der Waals surface area contributed by atoms with Crippen molar-refractivity contribution in [2.45, 2.75) is 0 Å². The van der Waals surface area contributed by atoms with Crippen LogP contribution in [0.2, 0.25) is 0 Å². The Balaban J connectivity index is 0.000000218. The fourth-order valence-corrected chi connectivity index (χ4v) is 0.415. The van der Waals surface area contributed by atoms with Crippen molar-refractivity contribution >= 4 is 0 Å². The number of aliphatic hydroxyl groups excluding tert-OH is 2. The maximum absolute atomic E-state index is 11.9. The molecule has 0 atom stereocenters. The molecular weight excluding hydrogens is 147 g/mol. The second-order valence-corrected chi connectivity index (χ2v) is 1.74. The Kier molecular flexibility index (Phi) is 6.57. The van der Waals surface area contributed by atoms with Crippen LogP contribution in [0, 0.1) is 5.82 Å². The zero-order valence-corrected chi connectivity index (χ0v) is 6.07. The van der Waals surface area contributed by atoms with Crippen LogP contribution in [0.5, 0.6) is 0 Å². The van der Waals surface area contributed by atoms with Crippen LogP contribution in [0.15, 0.2) is 30.3 Å². The van der Waals surface area contributed by atoms with Gasteiger partial charge in [0.1, 0.15) is 5.82 Å². The van der Waals surface area contributed by atoms with Gasteiger partial charge in [-0.05, 0) is 12.1 Å². The third-order valence-electron chi connectivity index (χ3n) is 0.833. The van der Waals surface area contributed by atoms with E-state index in [0.29, 0.717) is 0 Å². The van der Waals surface area contributed by atoms with Crippen molar-refractivity contribution in [3.63, 3.8) is 0 Å². The monoisotopic (exact) mass is 158 g/mol. The van der Waals surface area contributed by atoms with Crippen molar-refractivity contribution < 1.29 is 14.6 Å². The summed E-state index contributed by atoms with van der Waals surface area (Å²) in [5.74, 6) is -0.178.